The standard InChI is InChI=1S/C18H24N4O4/c1-10(2)15(23)20-12-6-5-7-22(8-12)18(25)13-11(3)26-16-14(13)17(24)21(4)9-19-16/h9-10,12H,5-8H2,1-4H3,(H,20,23). The molecule has 0 bridgehead atoms. The van der Waals surface area contributed by atoms with E-state index >= 15 is 0 Å². The number of nitrogens with one attached hydrogen (secondary N) is 1. The van der Waals surface area contributed by atoms with Gasteiger partial charge in [0.25, 0.3) is 11.5 Å². The molecule has 1 unspecified atom stereocenters. The predicted octanol–water partition coefficient (Wildman–Crippen LogP) is 1.21. The smallest absolute Gasteiger partial charge is 0.265 e. The van der Waals surface area contributed by atoms with Gasteiger partial charge in [0.15, 0.2) is 0 Å². The summed E-state index contributed by atoms with van der Waals surface area (Å²) in [4.78, 5) is 43.3. The summed E-state index contributed by atoms with van der Waals surface area (Å²) < 4.78 is 6.86. The Kier molecular flexibility index (Phi) is 4.84. The minimum absolute atomic E-state index is 0.0210. The van der Waals surface area contributed by atoms with Gasteiger partial charge in [0.05, 0.1) is 5.56 Å². The highest BCUT2D eigenvalue weighted by molar-refractivity contribution is 6.06. The number of nitrogens with zero attached hydrogens (tertiary/aromatic N) is 3. The summed E-state index contributed by atoms with van der Waals surface area (Å²) >= 11 is 0. The second-order valence-electron chi connectivity index (χ2n) is 7.13. The van der Waals surface area contributed by atoms with Gasteiger partial charge in [0.2, 0.25) is 11.6 Å². The molecule has 1 saturated heterocycles. The maximum Gasteiger partial charge on any atom is 0.265 e. The lowest BCUT2D eigenvalue weighted by Crippen LogP contribution is -2.50. The van der Waals surface area contributed by atoms with E-state index in [2.05, 4.69) is 10.3 Å². The number of aryl methyl sites for hydroxylation is 2. The van der Waals surface area contributed by atoms with Gasteiger partial charge in [0.1, 0.15) is 17.5 Å². The molecule has 2 aromatic rings. The number of carbonyl (C=O) groups is 2. The van der Waals surface area contributed by atoms with E-state index in [1.54, 1.807) is 18.9 Å². The molecule has 140 valence electrons. The average molecular weight is 360 g/mol. The quantitative estimate of drug-likeness (QED) is 0.887. The summed E-state index contributed by atoms with van der Waals surface area (Å²) in [6.45, 7) is 6.34. The zero-order valence-electron chi connectivity index (χ0n) is 15.5. The first kappa shape index (κ1) is 18.2. The summed E-state index contributed by atoms with van der Waals surface area (Å²) in [5.74, 6) is 0.00605. The minimum Gasteiger partial charge on any atom is -0.442 e. The molecular formula is C18H24N4O4. The maximum absolute atomic E-state index is 13.1. The molecule has 26 heavy (non-hydrogen) atoms. The normalized spacial score (nSPS) is 17.7. The zero-order chi connectivity index (χ0) is 19.0. The van der Waals surface area contributed by atoms with E-state index in [1.165, 1.54) is 10.9 Å². The molecule has 1 aliphatic rings. The van der Waals surface area contributed by atoms with Crippen molar-refractivity contribution in [3.05, 3.63) is 28.0 Å². The van der Waals surface area contributed by atoms with Gasteiger partial charge < -0.3 is 19.2 Å². The summed E-state index contributed by atoms with van der Waals surface area (Å²) in [7, 11) is 1.59. The van der Waals surface area contributed by atoms with Crippen LogP contribution in [0.5, 0.6) is 0 Å². The lowest BCUT2D eigenvalue weighted by atomic mass is 10.0. The van der Waals surface area contributed by atoms with Crippen LogP contribution in [0.15, 0.2) is 15.5 Å². The van der Waals surface area contributed by atoms with E-state index in [0.29, 0.717) is 18.8 Å². The molecule has 0 saturated carbocycles. The molecular weight excluding hydrogens is 336 g/mol. The van der Waals surface area contributed by atoms with E-state index < -0.39 is 0 Å². The van der Waals surface area contributed by atoms with E-state index in [-0.39, 0.29) is 46.0 Å². The predicted molar refractivity (Wildman–Crippen MR) is 95.9 cm³/mol. The topological polar surface area (TPSA) is 97.4 Å². The van der Waals surface area contributed by atoms with Crippen molar-refractivity contribution in [3.63, 3.8) is 0 Å². The van der Waals surface area contributed by atoms with Crippen molar-refractivity contribution < 1.29 is 14.0 Å². The monoisotopic (exact) mass is 360 g/mol. The SMILES string of the molecule is Cc1oc2ncn(C)c(=O)c2c1C(=O)N1CCCC(NC(=O)C(C)C)C1. The lowest BCUT2D eigenvalue weighted by Gasteiger charge is -2.33. The van der Waals surface area contributed by atoms with Crippen LogP contribution >= 0.6 is 0 Å². The van der Waals surface area contributed by atoms with Crippen LogP contribution in [-0.2, 0) is 11.8 Å². The largest absolute Gasteiger partial charge is 0.442 e. The molecule has 0 aromatic carbocycles. The van der Waals surface area contributed by atoms with Crippen LogP contribution in [-0.4, -0.2) is 45.4 Å². The number of likely N-dealkylation sites (tertiary alicyclic amines) is 1. The number of piperidine rings is 1. The van der Waals surface area contributed by atoms with Crippen molar-refractivity contribution in [2.24, 2.45) is 13.0 Å². The molecule has 1 aliphatic heterocycles. The molecule has 3 heterocycles. The molecule has 0 spiro atoms. The third kappa shape index (κ3) is 3.23. The number of hydrogen-bond donors (Lipinski definition) is 1. The van der Waals surface area contributed by atoms with E-state index in [1.807, 2.05) is 13.8 Å². The molecule has 1 N–H and O–H groups in total. The molecule has 3 rings (SSSR count). The van der Waals surface area contributed by atoms with Gasteiger partial charge >= 0.3 is 0 Å². The van der Waals surface area contributed by atoms with Crippen molar-refractivity contribution in [1.29, 1.82) is 0 Å². The Hall–Kier alpha value is -2.64. The summed E-state index contributed by atoms with van der Waals surface area (Å²) in [6, 6.07) is -0.0815. The highest BCUT2D eigenvalue weighted by Crippen LogP contribution is 2.24. The Labute approximate surface area is 151 Å². The Morgan fingerprint density at radius 3 is 2.81 bits per heavy atom. The third-order valence-corrected chi connectivity index (χ3v) is 4.74. The minimum atomic E-state index is -0.308. The van der Waals surface area contributed by atoms with Crippen LogP contribution in [0.1, 0.15) is 42.8 Å². The van der Waals surface area contributed by atoms with Gasteiger partial charge in [-0.3, -0.25) is 14.4 Å². The number of furan rings is 1. The second kappa shape index (κ2) is 6.93. The van der Waals surface area contributed by atoms with Gasteiger partial charge in [0, 0.05) is 32.1 Å². The summed E-state index contributed by atoms with van der Waals surface area (Å²) in [5, 5.41) is 3.20. The Balaban J connectivity index is 1.89. The van der Waals surface area contributed by atoms with Gasteiger partial charge in [-0.25, -0.2) is 4.98 Å². The number of carbonyl (C=O) groups excluding carboxylic acids is 2. The van der Waals surface area contributed by atoms with Crippen LogP contribution in [0.25, 0.3) is 11.1 Å². The molecule has 0 aliphatic carbocycles. The number of amides is 2. The fraction of sp³-hybridized carbons (Fsp3) is 0.556. The first-order valence-corrected chi connectivity index (χ1v) is 8.84. The molecule has 0 radical (unpaired) electrons. The molecule has 1 atom stereocenters. The highest BCUT2D eigenvalue weighted by atomic mass is 16.3. The number of aromatic nitrogens is 2. The number of fused-ring (bicyclic) bond motifs is 1. The van der Waals surface area contributed by atoms with Gasteiger partial charge in [-0.05, 0) is 19.8 Å². The van der Waals surface area contributed by atoms with Crippen LogP contribution < -0.4 is 10.9 Å². The van der Waals surface area contributed by atoms with Crippen LogP contribution in [0.3, 0.4) is 0 Å². The van der Waals surface area contributed by atoms with Crippen molar-refractivity contribution in [2.75, 3.05) is 13.1 Å². The second-order valence-corrected chi connectivity index (χ2v) is 7.13. The lowest BCUT2D eigenvalue weighted by molar-refractivity contribution is -0.125. The zero-order valence-corrected chi connectivity index (χ0v) is 15.5. The van der Waals surface area contributed by atoms with Gasteiger partial charge in [-0.15, -0.1) is 0 Å². The van der Waals surface area contributed by atoms with Crippen LogP contribution in [0, 0.1) is 12.8 Å². The van der Waals surface area contributed by atoms with Crippen LogP contribution in [0.2, 0.25) is 0 Å². The summed E-state index contributed by atoms with van der Waals surface area (Å²) in [5.41, 5.74) is 0.136. The molecule has 8 heteroatoms. The Bertz CT molecular complexity index is 912. The molecule has 8 nitrogen and oxygen atoms in total. The van der Waals surface area contributed by atoms with Crippen molar-refractivity contribution in [1.82, 2.24) is 19.8 Å². The Morgan fingerprint density at radius 2 is 2.12 bits per heavy atom. The van der Waals surface area contributed by atoms with Gasteiger partial charge in [-0.1, -0.05) is 13.8 Å². The fourth-order valence-electron chi connectivity index (χ4n) is 3.25. The molecule has 2 aromatic heterocycles. The molecule has 1 fully saturated rings. The third-order valence-electron chi connectivity index (χ3n) is 4.74. The first-order chi connectivity index (χ1) is 12.3. The van der Waals surface area contributed by atoms with Gasteiger partial charge in [-0.2, -0.15) is 0 Å². The number of rotatable bonds is 3. The maximum atomic E-state index is 13.1. The number of hydrogen-bond acceptors (Lipinski definition) is 5. The Morgan fingerprint density at radius 1 is 1.38 bits per heavy atom. The van der Waals surface area contributed by atoms with Crippen LogP contribution in [0.4, 0.5) is 0 Å². The molecule has 2 amide bonds. The van der Waals surface area contributed by atoms with E-state index in [0.717, 1.165) is 12.8 Å². The van der Waals surface area contributed by atoms with E-state index in [9.17, 15) is 14.4 Å². The van der Waals surface area contributed by atoms with Crippen molar-refractivity contribution >= 4 is 22.9 Å². The first-order valence-electron chi connectivity index (χ1n) is 8.84. The van der Waals surface area contributed by atoms with Crippen molar-refractivity contribution in [3.8, 4) is 0 Å². The fourth-order valence-corrected chi connectivity index (χ4v) is 3.25. The highest BCUT2D eigenvalue weighted by Gasteiger charge is 2.30. The van der Waals surface area contributed by atoms with Crippen molar-refractivity contribution in [2.45, 2.75) is 39.7 Å². The average Bonchev–Trinajstić information content (AvgIpc) is 2.94. The summed E-state index contributed by atoms with van der Waals surface area (Å²) in [6.07, 6.45) is 3.00. The van der Waals surface area contributed by atoms with E-state index in [4.69, 9.17) is 4.42 Å².